The lowest BCUT2D eigenvalue weighted by Crippen LogP contribution is -2.29. The predicted molar refractivity (Wildman–Crippen MR) is 95.9 cm³/mol. The van der Waals surface area contributed by atoms with Gasteiger partial charge >= 0.3 is 0 Å². The third kappa shape index (κ3) is 3.41. The topological polar surface area (TPSA) is 45.5 Å². The van der Waals surface area contributed by atoms with E-state index in [0.717, 1.165) is 24.6 Å². The number of likely N-dealkylation sites (tertiary alicyclic amines) is 1. The van der Waals surface area contributed by atoms with Crippen molar-refractivity contribution >= 4 is 11.5 Å². The number of nitrogens with zero attached hydrogens (tertiary/aromatic N) is 4. The SMILES string of the molecule is c1ccc(CN2CCCCC2)c(CNc2ccc3nccn3n2)c1. The Bertz CT molecular complexity index is 804. The fraction of sp³-hybridized carbons (Fsp3) is 0.368. The minimum atomic E-state index is 0.789. The number of fused-ring (bicyclic) bond motifs is 1. The van der Waals surface area contributed by atoms with Crippen molar-refractivity contribution in [2.24, 2.45) is 0 Å². The lowest BCUT2D eigenvalue weighted by atomic mass is 10.0. The Labute approximate surface area is 142 Å². The highest BCUT2D eigenvalue weighted by Gasteiger charge is 2.12. The third-order valence-corrected chi connectivity index (χ3v) is 4.68. The summed E-state index contributed by atoms with van der Waals surface area (Å²) in [7, 11) is 0. The van der Waals surface area contributed by atoms with Crippen molar-refractivity contribution in [3.8, 4) is 0 Å². The van der Waals surface area contributed by atoms with E-state index in [1.165, 1.54) is 43.5 Å². The number of imidazole rings is 1. The average molecular weight is 321 g/mol. The molecule has 1 saturated heterocycles. The maximum absolute atomic E-state index is 4.53. The first-order valence-corrected chi connectivity index (χ1v) is 8.72. The summed E-state index contributed by atoms with van der Waals surface area (Å²) < 4.78 is 1.79. The molecule has 24 heavy (non-hydrogen) atoms. The Morgan fingerprint density at radius 1 is 0.958 bits per heavy atom. The minimum absolute atomic E-state index is 0.789. The van der Waals surface area contributed by atoms with Gasteiger partial charge in [-0.3, -0.25) is 4.90 Å². The third-order valence-electron chi connectivity index (χ3n) is 4.68. The van der Waals surface area contributed by atoms with Gasteiger partial charge in [-0.05, 0) is 49.2 Å². The summed E-state index contributed by atoms with van der Waals surface area (Å²) in [5.74, 6) is 0.869. The normalized spacial score (nSPS) is 15.7. The van der Waals surface area contributed by atoms with E-state index in [1.807, 2.05) is 18.3 Å². The van der Waals surface area contributed by atoms with E-state index in [2.05, 4.69) is 44.6 Å². The van der Waals surface area contributed by atoms with E-state index in [9.17, 15) is 0 Å². The summed E-state index contributed by atoms with van der Waals surface area (Å²) >= 11 is 0. The van der Waals surface area contributed by atoms with Gasteiger partial charge in [-0.2, -0.15) is 0 Å². The highest BCUT2D eigenvalue weighted by molar-refractivity contribution is 5.44. The standard InChI is InChI=1S/C19H23N5/c1-4-11-23(12-5-1)15-17-7-3-2-6-16(17)14-21-18-8-9-19-20-10-13-24(19)22-18/h2-3,6-10,13H,1,4-5,11-12,14-15H2,(H,21,22). The van der Waals surface area contributed by atoms with Crippen LogP contribution in [0, 0.1) is 0 Å². The zero-order valence-corrected chi connectivity index (χ0v) is 13.9. The molecule has 0 aliphatic carbocycles. The van der Waals surface area contributed by atoms with Crippen LogP contribution in [0.5, 0.6) is 0 Å². The van der Waals surface area contributed by atoms with Crippen LogP contribution < -0.4 is 5.32 Å². The second-order valence-corrected chi connectivity index (χ2v) is 6.41. The molecule has 5 nitrogen and oxygen atoms in total. The molecule has 0 saturated carbocycles. The van der Waals surface area contributed by atoms with E-state index in [1.54, 1.807) is 10.7 Å². The highest BCUT2D eigenvalue weighted by atomic mass is 15.3. The van der Waals surface area contributed by atoms with Crippen LogP contribution in [0.4, 0.5) is 5.82 Å². The minimum Gasteiger partial charge on any atom is -0.365 e. The molecule has 5 heteroatoms. The summed E-state index contributed by atoms with van der Waals surface area (Å²) in [6.45, 7) is 4.28. The van der Waals surface area contributed by atoms with E-state index in [4.69, 9.17) is 0 Å². The molecular weight excluding hydrogens is 298 g/mol. The number of rotatable bonds is 5. The fourth-order valence-electron chi connectivity index (χ4n) is 3.34. The van der Waals surface area contributed by atoms with Gasteiger partial charge in [0.15, 0.2) is 5.65 Å². The summed E-state index contributed by atoms with van der Waals surface area (Å²) in [5.41, 5.74) is 3.62. The molecule has 0 bridgehead atoms. The van der Waals surface area contributed by atoms with Crippen LogP contribution in [0.15, 0.2) is 48.8 Å². The maximum atomic E-state index is 4.53. The Hall–Kier alpha value is -2.40. The smallest absolute Gasteiger partial charge is 0.153 e. The zero-order valence-electron chi connectivity index (χ0n) is 13.9. The van der Waals surface area contributed by atoms with Gasteiger partial charge in [-0.15, -0.1) is 5.10 Å². The predicted octanol–water partition coefficient (Wildman–Crippen LogP) is 3.33. The number of aromatic nitrogens is 3. The Morgan fingerprint density at radius 3 is 2.67 bits per heavy atom. The van der Waals surface area contributed by atoms with Crippen molar-refractivity contribution in [1.82, 2.24) is 19.5 Å². The first kappa shape index (κ1) is 15.1. The molecule has 0 atom stereocenters. The molecule has 0 amide bonds. The van der Waals surface area contributed by atoms with E-state index < -0.39 is 0 Å². The van der Waals surface area contributed by atoms with Crippen LogP contribution in [0.1, 0.15) is 30.4 Å². The molecule has 124 valence electrons. The lowest BCUT2D eigenvalue weighted by Gasteiger charge is -2.27. The highest BCUT2D eigenvalue weighted by Crippen LogP contribution is 2.17. The van der Waals surface area contributed by atoms with Gasteiger partial charge in [0.05, 0.1) is 0 Å². The number of nitrogens with one attached hydrogen (secondary N) is 1. The van der Waals surface area contributed by atoms with Crippen molar-refractivity contribution in [2.75, 3.05) is 18.4 Å². The second-order valence-electron chi connectivity index (χ2n) is 6.41. The first-order valence-electron chi connectivity index (χ1n) is 8.72. The van der Waals surface area contributed by atoms with Gasteiger partial charge in [0.2, 0.25) is 0 Å². The lowest BCUT2D eigenvalue weighted by molar-refractivity contribution is 0.220. The largest absolute Gasteiger partial charge is 0.365 e. The van der Waals surface area contributed by atoms with Gasteiger partial charge in [0.1, 0.15) is 5.82 Å². The quantitative estimate of drug-likeness (QED) is 0.783. The Balaban J connectivity index is 1.45. The van der Waals surface area contributed by atoms with Crippen LogP contribution in [0.3, 0.4) is 0 Å². The summed E-state index contributed by atoms with van der Waals surface area (Å²) in [4.78, 5) is 6.79. The van der Waals surface area contributed by atoms with Crippen molar-refractivity contribution in [1.29, 1.82) is 0 Å². The molecule has 3 aromatic rings. The molecule has 0 unspecified atom stereocenters. The van der Waals surface area contributed by atoms with E-state index >= 15 is 0 Å². The van der Waals surface area contributed by atoms with Gasteiger partial charge in [0, 0.05) is 25.5 Å². The second kappa shape index (κ2) is 7.01. The van der Waals surface area contributed by atoms with Crippen LogP contribution >= 0.6 is 0 Å². The van der Waals surface area contributed by atoms with Gasteiger partial charge in [-0.25, -0.2) is 9.50 Å². The van der Waals surface area contributed by atoms with Crippen molar-refractivity contribution in [3.05, 3.63) is 59.9 Å². The molecular formula is C19H23N5. The molecule has 1 aliphatic rings. The number of piperidine rings is 1. The molecule has 1 N–H and O–H groups in total. The molecule has 1 aromatic carbocycles. The number of benzene rings is 1. The van der Waals surface area contributed by atoms with Crippen molar-refractivity contribution < 1.29 is 0 Å². The van der Waals surface area contributed by atoms with Gasteiger partial charge in [-0.1, -0.05) is 30.7 Å². The van der Waals surface area contributed by atoms with Crippen molar-refractivity contribution in [2.45, 2.75) is 32.4 Å². The summed E-state index contributed by atoms with van der Waals surface area (Å²) in [6, 6.07) is 12.7. The van der Waals surface area contributed by atoms with Gasteiger partial charge in [0.25, 0.3) is 0 Å². The molecule has 2 aromatic heterocycles. The van der Waals surface area contributed by atoms with Gasteiger partial charge < -0.3 is 5.32 Å². The monoisotopic (exact) mass is 321 g/mol. The summed E-state index contributed by atoms with van der Waals surface area (Å²) in [6.07, 6.45) is 7.66. The Morgan fingerprint density at radius 2 is 1.79 bits per heavy atom. The van der Waals surface area contributed by atoms with Crippen LogP contribution in [0.2, 0.25) is 0 Å². The van der Waals surface area contributed by atoms with E-state index in [0.29, 0.717) is 0 Å². The zero-order chi connectivity index (χ0) is 16.2. The fourth-order valence-corrected chi connectivity index (χ4v) is 3.34. The number of hydrogen-bond donors (Lipinski definition) is 1. The summed E-state index contributed by atoms with van der Waals surface area (Å²) in [5, 5.41) is 7.97. The maximum Gasteiger partial charge on any atom is 0.153 e. The van der Waals surface area contributed by atoms with Crippen LogP contribution in [-0.4, -0.2) is 32.6 Å². The molecule has 3 heterocycles. The number of anilines is 1. The van der Waals surface area contributed by atoms with E-state index in [-0.39, 0.29) is 0 Å². The number of hydrogen-bond acceptors (Lipinski definition) is 4. The van der Waals surface area contributed by atoms with Crippen molar-refractivity contribution in [3.63, 3.8) is 0 Å². The molecule has 4 rings (SSSR count). The average Bonchev–Trinajstić information content (AvgIpc) is 3.10. The molecule has 1 fully saturated rings. The van der Waals surface area contributed by atoms with Crippen LogP contribution in [-0.2, 0) is 13.1 Å². The Kier molecular flexibility index (Phi) is 4.42. The molecule has 1 aliphatic heterocycles. The molecule has 0 radical (unpaired) electrons. The van der Waals surface area contributed by atoms with Crippen LogP contribution in [0.25, 0.3) is 5.65 Å². The first-order chi connectivity index (χ1) is 11.9. The molecule has 0 spiro atoms.